The minimum Gasteiger partial charge on any atom is -0.469 e. The molecule has 0 radical (unpaired) electrons. The van der Waals surface area contributed by atoms with Gasteiger partial charge in [0.2, 0.25) is 0 Å². The molecule has 0 aliphatic heterocycles. The summed E-state index contributed by atoms with van der Waals surface area (Å²) in [6.07, 6.45) is 0.680. The highest BCUT2D eigenvalue weighted by atomic mass is 16.6. The Bertz CT molecular complexity index is 402. The average molecular weight is 238 g/mol. The molecule has 6 nitrogen and oxygen atoms in total. The number of nitro groups is 1. The third-order valence-electron chi connectivity index (χ3n) is 2.42. The maximum atomic E-state index is 10.9. The summed E-state index contributed by atoms with van der Waals surface area (Å²) in [5.74, 6) is -0.317. The van der Waals surface area contributed by atoms with Crippen LogP contribution < -0.4 is 5.73 Å². The molecule has 0 aromatic heterocycles. The van der Waals surface area contributed by atoms with Gasteiger partial charge in [0.1, 0.15) is 0 Å². The summed E-state index contributed by atoms with van der Waals surface area (Å²) in [5.41, 5.74) is 6.63. The van der Waals surface area contributed by atoms with E-state index in [9.17, 15) is 14.9 Å². The zero-order chi connectivity index (χ0) is 12.8. The van der Waals surface area contributed by atoms with Crippen LogP contribution in [0.15, 0.2) is 24.3 Å². The number of carbonyl (C=O) groups is 1. The van der Waals surface area contributed by atoms with Crippen molar-refractivity contribution in [1.29, 1.82) is 0 Å². The van der Waals surface area contributed by atoms with Crippen LogP contribution in [0.1, 0.15) is 24.4 Å². The van der Waals surface area contributed by atoms with Crippen LogP contribution in [-0.4, -0.2) is 18.0 Å². The standard InChI is InChI=1S/C11H14N2O4/c1-17-11(14)7-6-10(12)8-2-4-9(5-3-8)13(15)16/h2-5,10H,6-7,12H2,1H3. The monoisotopic (exact) mass is 238 g/mol. The van der Waals surface area contributed by atoms with E-state index in [0.29, 0.717) is 6.42 Å². The van der Waals surface area contributed by atoms with E-state index < -0.39 is 4.92 Å². The summed E-state index contributed by atoms with van der Waals surface area (Å²) in [6.45, 7) is 0. The van der Waals surface area contributed by atoms with E-state index in [1.807, 2.05) is 0 Å². The summed E-state index contributed by atoms with van der Waals surface area (Å²) in [7, 11) is 1.32. The van der Waals surface area contributed by atoms with Crippen molar-refractivity contribution in [1.82, 2.24) is 0 Å². The SMILES string of the molecule is COC(=O)CCC(N)c1ccc([N+](=O)[O-])cc1. The predicted octanol–water partition coefficient (Wildman–Crippen LogP) is 1.55. The molecule has 0 aliphatic carbocycles. The van der Waals surface area contributed by atoms with Crippen LogP contribution in [0.3, 0.4) is 0 Å². The third kappa shape index (κ3) is 3.84. The molecule has 0 spiro atoms. The summed E-state index contributed by atoms with van der Waals surface area (Å²) in [4.78, 5) is 20.9. The highest BCUT2D eigenvalue weighted by Crippen LogP contribution is 2.19. The van der Waals surface area contributed by atoms with Gasteiger partial charge < -0.3 is 10.5 Å². The Morgan fingerprint density at radius 2 is 2.06 bits per heavy atom. The van der Waals surface area contributed by atoms with Gasteiger partial charge in [-0.05, 0) is 12.0 Å². The van der Waals surface area contributed by atoms with Gasteiger partial charge >= 0.3 is 5.97 Å². The number of nitro benzene ring substituents is 1. The van der Waals surface area contributed by atoms with E-state index in [0.717, 1.165) is 5.56 Å². The Morgan fingerprint density at radius 1 is 1.47 bits per heavy atom. The molecule has 0 fully saturated rings. The molecule has 0 heterocycles. The lowest BCUT2D eigenvalue weighted by Gasteiger charge is -2.10. The molecular formula is C11H14N2O4. The van der Waals surface area contributed by atoms with E-state index in [4.69, 9.17) is 5.73 Å². The van der Waals surface area contributed by atoms with Gasteiger partial charge in [-0.25, -0.2) is 0 Å². The Balaban J connectivity index is 2.60. The fourth-order valence-corrected chi connectivity index (χ4v) is 1.39. The molecule has 6 heteroatoms. The molecular weight excluding hydrogens is 224 g/mol. The smallest absolute Gasteiger partial charge is 0.305 e. The molecule has 0 bridgehead atoms. The lowest BCUT2D eigenvalue weighted by atomic mass is 10.0. The first-order valence-electron chi connectivity index (χ1n) is 5.11. The largest absolute Gasteiger partial charge is 0.469 e. The van der Waals surface area contributed by atoms with Crippen LogP contribution in [0, 0.1) is 10.1 Å². The number of non-ortho nitro benzene ring substituents is 1. The minimum atomic E-state index is -0.468. The predicted molar refractivity (Wildman–Crippen MR) is 61.3 cm³/mol. The molecule has 1 aromatic rings. The van der Waals surface area contributed by atoms with Crippen LogP contribution in [0.2, 0.25) is 0 Å². The molecule has 2 N–H and O–H groups in total. The van der Waals surface area contributed by atoms with Gasteiger partial charge in [-0.3, -0.25) is 14.9 Å². The van der Waals surface area contributed by atoms with E-state index in [2.05, 4.69) is 4.74 Å². The van der Waals surface area contributed by atoms with Gasteiger partial charge in [-0.2, -0.15) is 0 Å². The quantitative estimate of drug-likeness (QED) is 0.477. The van der Waals surface area contributed by atoms with Gasteiger partial charge in [0.25, 0.3) is 5.69 Å². The number of nitrogens with two attached hydrogens (primary N) is 1. The Labute approximate surface area is 98.5 Å². The highest BCUT2D eigenvalue weighted by Gasteiger charge is 2.11. The highest BCUT2D eigenvalue weighted by molar-refractivity contribution is 5.69. The van der Waals surface area contributed by atoms with Crippen molar-refractivity contribution < 1.29 is 14.5 Å². The molecule has 0 saturated heterocycles. The number of nitrogens with zero attached hydrogens (tertiary/aromatic N) is 1. The number of hydrogen-bond acceptors (Lipinski definition) is 5. The van der Waals surface area contributed by atoms with Crippen LogP contribution in [-0.2, 0) is 9.53 Å². The molecule has 0 saturated carbocycles. The van der Waals surface area contributed by atoms with Gasteiger partial charge in [0.05, 0.1) is 12.0 Å². The third-order valence-corrected chi connectivity index (χ3v) is 2.42. The van der Waals surface area contributed by atoms with E-state index in [1.54, 1.807) is 12.1 Å². The van der Waals surface area contributed by atoms with E-state index in [-0.39, 0.29) is 24.1 Å². The Hall–Kier alpha value is -1.95. The van der Waals surface area contributed by atoms with Crippen molar-refractivity contribution in [2.75, 3.05) is 7.11 Å². The number of benzene rings is 1. The van der Waals surface area contributed by atoms with E-state index >= 15 is 0 Å². The Kier molecular flexibility index (Phi) is 4.59. The van der Waals surface area contributed by atoms with Crippen LogP contribution in [0.25, 0.3) is 0 Å². The molecule has 1 aromatic carbocycles. The number of carbonyl (C=O) groups excluding carboxylic acids is 1. The maximum absolute atomic E-state index is 10.9. The van der Waals surface area contributed by atoms with Gasteiger partial charge in [0.15, 0.2) is 0 Å². The van der Waals surface area contributed by atoms with Crippen molar-refractivity contribution in [2.24, 2.45) is 5.73 Å². The van der Waals surface area contributed by atoms with E-state index in [1.165, 1.54) is 19.2 Å². The average Bonchev–Trinajstić information content (AvgIpc) is 2.35. The molecule has 0 amide bonds. The second kappa shape index (κ2) is 5.95. The van der Waals surface area contributed by atoms with Crippen LogP contribution in [0.5, 0.6) is 0 Å². The molecule has 1 rings (SSSR count). The Morgan fingerprint density at radius 3 is 2.53 bits per heavy atom. The molecule has 92 valence electrons. The fourth-order valence-electron chi connectivity index (χ4n) is 1.39. The summed E-state index contributed by atoms with van der Waals surface area (Å²) >= 11 is 0. The molecule has 17 heavy (non-hydrogen) atoms. The number of hydrogen-bond donors (Lipinski definition) is 1. The second-order valence-electron chi connectivity index (χ2n) is 3.57. The number of rotatable bonds is 5. The zero-order valence-electron chi connectivity index (χ0n) is 9.46. The number of esters is 1. The first-order valence-corrected chi connectivity index (χ1v) is 5.11. The van der Waals surface area contributed by atoms with Crippen LogP contribution in [0.4, 0.5) is 5.69 Å². The lowest BCUT2D eigenvalue weighted by Crippen LogP contribution is -2.13. The van der Waals surface area contributed by atoms with Crippen molar-refractivity contribution in [3.8, 4) is 0 Å². The first-order chi connectivity index (χ1) is 8.04. The van der Waals surface area contributed by atoms with Crippen molar-refractivity contribution >= 4 is 11.7 Å². The fraction of sp³-hybridized carbons (Fsp3) is 0.364. The minimum absolute atomic E-state index is 0.0221. The summed E-state index contributed by atoms with van der Waals surface area (Å²) < 4.78 is 4.50. The van der Waals surface area contributed by atoms with Crippen molar-refractivity contribution in [3.63, 3.8) is 0 Å². The number of ether oxygens (including phenoxy) is 1. The molecule has 1 atom stereocenters. The van der Waals surface area contributed by atoms with Crippen molar-refractivity contribution in [3.05, 3.63) is 39.9 Å². The summed E-state index contributed by atoms with van der Waals surface area (Å²) in [5, 5.41) is 10.4. The number of methoxy groups -OCH3 is 1. The normalized spacial score (nSPS) is 11.9. The van der Waals surface area contributed by atoms with Gasteiger partial charge in [-0.1, -0.05) is 12.1 Å². The second-order valence-corrected chi connectivity index (χ2v) is 3.57. The first kappa shape index (κ1) is 13.1. The van der Waals surface area contributed by atoms with Gasteiger partial charge in [0, 0.05) is 24.6 Å². The van der Waals surface area contributed by atoms with Gasteiger partial charge in [-0.15, -0.1) is 0 Å². The zero-order valence-corrected chi connectivity index (χ0v) is 9.46. The van der Waals surface area contributed by atoms with Crippen molar-refractivity contribution in [2.45, 2.75) is 18.9 Å². The summed E-state index contributed by atoms with van der Waals surface area (Å²) in [6, 6.07) is 5.66. The van der Waals surface area contributed by atoms with Crippen LogP contribution >= 0.6 is 0 Å². The topological polar surface area (TPSA) is 95.5 Å². The maximum Gasteiger partial charge on any atom is 0.305 e. The lowest BCUT2D eigenvalue weighted by molar-refractivity contribution is -0.384. The molecule has 0 aliphatic rings. The molecule has 1 unspecified atom stereocenters.